The van der Waals surface area contributed by atoms with Crippen molar-refractivity contribution in [3.05, 3.63) is 23.8 Å². The zero-order valence-electron chi connectivity index (χ0n) is 11.9. The number of benzene rings is 1. The molecule has 4 heteroatoms. The van der Waals surface area contributed by atoms with Gasteiger partial charge in [-0.3, -0.25) is 4.79 Å². The maximum Gasteiger partial charge on any atom is 0.268 e. The lowest BCUT2D eigenvalue weighted by Crippen LogP contribution is -2.51. The van der Waals surface area contributed by atoms with Gasteiger partial charge in [0.1, 0.15) is 5.75 Å². The molecule has 0 aromatic heterocycles. The zero-order chi connectivity index (χ0) is 14.2. The van der Waals surface area contributed by atoms with E-state index in [1.165, 1.54) is 0 Å². The number of aliphatic hydroxyl groups is 1. The first-order chi connectivity index (χ1) is 8.95. The number of amides is 1. The lowest BCUT2D eigenvalue weighted by atomic mass is 10.0. The number of anilines is 1. The molecule has 1 aromatic carbocycles. The van der Waals surface area contributed by atoms with Crippen molar-refractivity contribution in [3.63, 3.8) is 0 Å². The predicted molar refractivity (Wildman–Crippen MR) is 74.2 cm³/mol. The van der Waals surface area contributed by atoms with E-state index < -0.39 is 6.10 Å². The molecule has 1 unspecified atom stereocenters. The van der Waals surface area contributed by atoms with Gasteiger partial charge in [-0.1, -0.05) is 19.9 Å². The van der Waals surface area contributed by atoms with Gasteiger partial charge < -0.3 is 14.7 Å². The number of fused-ring (bicyclic) bond motifs is 1. The molecule has 0 aliphatic carbocycles. The molecule has 1 heterocycles. The van der Waals surface area contributed by atoms with Gasteiger partial charge in [0.05, 0.1) is 12.3 Å². The Hall–Kier alpha value is -1.55. The van der Waals surface area contributed by atoms with Crippen LogP contribution in [0.1, 0.15) is 33.3 Å². The molecular formula is C15H21NO3. The Labute approximate surface area is 114 Å². The van der Waals surface area contributed by atoms with Crippen molar-refractivity contribution in [3.8, 4) is 5.75 Å². The van der Waals surface area contributed by atoms with Crippen molar-refractivity contribution in [2.24, 2.45) is 5.92 Å². The Kier molecular flexibility index (Phi) is 3.80. The summed E-state index contributed by atoms with van der Waals surface area (Å²) in [6, 6.07) is 5.54. The Balaban J connectivity index is 2.50. The van der Waals surface area contributed by atoms with Crippen LogP contribution >= 0.6 is 0 Å². The largest absolute Gasteiger partial charge is 0.478 e. The van der Waals surface area contributed by atoms with Crippen molar-refractivity contribution in [2.45, 2.75) is 46.4 Å². The normalized spacial score (nSPS) is 18.8. The van der Waals surface area contributed by atoms with E-state index in [9.17, 15) is 9.90 Å². The summed E-state index contributed by atoms with van der Waals surface area (Å²) in [6.07, 6.45) is -0.435. The first-order valence-electron chi connectivity index (χ1n) is 6.69. The summed E-state index contributed by atoms with van der Waals surface area (Å²) in [4.78, 5) is 14.3. The molecule has 2 rings (SSSR count). The summed E-state index contributed by atoms with van der Waals surface area (Å²) in [5.41, 5.74) is 1.53. The highest BCUT2D eigenvalue weighted by Gasteiger charge is 2.37. The average molecular weight is 263 g/mol. The van der Waals surface area contributed by atoms with Crippen LogP contribution in [-0.4, -0.2) is 23.2 Å². The lowest BCUT2D eigenvalue weighted by Gasteiger charge is -2.38. The molecule has 1 amide bonds. The van der Waals surface area contributed by atoms with Crippen LogP contribution in [0.15, 0.2) is 18.2 Å². The maximum absolute atomic E-state index is 12.5. The van der Waals surface area contributed by atoms with Crippen molar-refractivity contribution in [2.75, 3.05) is 4.90 Å². The van der Waals surface area contributed by atoms with Gasteiger partial charge in [-0.2, -0.15) is 0 Å². The summed E-state index contributed by atoms with van der Waals surface area (Å²) in [6.45, 7) is 7.88. The number of rotatable bonds is 3. The van der Waals surface area contributed by atoms with Crippen molar-refractivity contribution >= 4 is 11.6 Å². The minimum Gasteiger partial charge on any atom is -0.478 e. The highest BCUT2D eigenvalue weighted by Crippen LogP contribution is 2.37. The number of aliphatic hydroxyl groups excluding tert-OH is 1. The molecule has 0 radical (unpaired) electrons. The summed E-state index contributed by atoms with van der Waals surface area (Å²) in [5.74, 6) is 0.830. The molecule has 0 bridgehead atoms. The van der Waals surface area contributed by atoms with Gasteiger partial charge in [0.15, 0.2) is 6.10 Å². The highest BCUT2D eigenvalue weighted by molar-refractivity contribution is 6.00. The van der Waals surface area contributed by atoms with E-state index in [4.69, 9.17) is 4.74 Å². The van der Waals surface area contributed by atoms with Crippen LogP contribution < -0.4 is 9.64 Å². The summed E-state index contributed by atoms with van der Waals surface area (Å²) in [5, 5.41) is 9.23. The van der Waals surface area contributed by atoms with Crippen LogP contribution in [0.5, 0.6) is 5.75 Å². The van der Waals surface area contributed by atoms with E-state index in [2.05, 4.69) is 0 Å². The van der Waals surface area contributed by atoms with Gasteiger partial charge >= 0.3 is 0 Å². The molecule has 1 aliphatic rings. The van der Waals surface area contributed by atoms with E-state index in [0.717, 1.165) is 11.3 Å². The highest BCUT2D eigenvalue weighted by atomic mass is 16.5. The Morgan fingerprint density at radius 3 is 2.53 bits per heavy atom. The topological polar surface area (TPSA) is 49.8 Å². The molecular weight excluding hydrogens is 242 g/mol. The van der Waals surface area contributed by atoms with Gasteiger partial charge in [0, 0.05) is 6.04 Å². The molecule has 1 atom stereocenters. The monoisotopic (exact) mass is 263 g/mol. The van der Waals surface area contributed by atoms with Crippen LogP contribution in [0.25, 0.3) is 0 Å². The molecule has 19 heavy (non-hydrogen) atoms. The van der Waals surface area contributed by atoms with E-state index in [1.807, 2.05) is 45.9 Å². The van der Waals surface area contributed by atoms with Gasteiger partial charge in [-0.05, 0) is 37.5 Å². The van der Waals surface area contributed by atoms with E-state index in [0.29, 0.717) is 5.75 Å². The average Bonchev–Trinajstić information content (AvgIpc) is 2.36. The summed E-state index contributed by atoms with van der Waals surface area (Å²) < 4.78 is 5.81. The minimum absolute atomic E-state index is 0.00686. The van der Waals surface area contributed by atoms with E-state index in [1.54, 1.807) is 4.90 Å². The SMILES string of the molecule is CC(C)C1Oc2ccc(CO)cc2N(C(C)C)C1=O. The van der Waals surface area contributed by atoms with Crippen LogP contribution in [-0.2, 0) is 11.4 Å². The third-order valence-electron chi connectivity index (χ3n) is 3.32. The predicted octanol–water partition coefficient (Wildman–Crippen LogP) is 2.34. The van der Waals surface area contributed by atoms with Crippen LogP contribution in [0, 0.1) is 5.92 Å². The number of ether oxygens (including phenoxy) is 1. The second kappa shape index (κ2) is 5.21. The number of carbonyl (C=O) groups is 1. The van der Waals surface area contributed by atoms with Crippen molar-refractivity contribution in [1.82, 2.24) is 0 Å². The van der Waals surface area contributed by atoms with Crippen LogP contribution in [0.4, 0.5) is 5.69 Å². The fourth-order valence-corrected chi connectivity index (χ4v) is 2.35. The smallest absolute Gasteiger partial charge is 0.268 e. The molecule has 1 aromatic rings. The maximum atomic E-state index is 12.5. The Morgan fingerprint density at radius 2 is 2.00 bits per heavy atom. The van der Waals surface area contributed by atoms with E-state index >= 15 is 0 Å². The third-order valence-corrected chi connectivity index (χ3v) is 3.32. The number of hydrogen-bond donors (Lipinski definition) is 1. The van der Waals surface area contributed by atoms with Gasteiger partial charge in [0.2, 0.25) is 0 Å². The molecule has 1 aliphatic heterocycles. The molecule has 1 N–H and O–H groups in total. The van der Waals surface area contributed by atoms with Gasteiger partial charge in [-0.25, -0.2) is 0 Å². The standard InChI is InChI=1S/C15H21NO3/c1-9(2)14-15(18)16(10(3)4)12-7-11(8-17)5-6-13(12)19-14/h5-7,9-10,14,17H,8H2,1-4H3. The molecule has 104 valence electrons. The summed E-state index contributed by atoms with van der Waals surface area (Å²) >= 11 is 0. The quantitative estimate of drug-likeness (QED) is 0.910. The Bertz CT molecular complexity index is 482. The number of hydrogen-bond acceptors (Lipinski definition) is 3. The number of carbonyl (C=O) groups excluding carboxylic acids is 1. The first kappa shape index (κ1) is 13.9. The van der Waals surface area contributed by atoms with E-state index in [-0.39, 0.29) is 24.5 Å². The third kappa shape index (κ3) is 2.45. The van der Waals surface area contributed by atoms with Crippen molar-refractivity contribution < 1.29 is 14.6 Å². The lowest BCUT2D eigenvalue weighted by molar-refractivity contribution is -0.128. The zero-order valence-corrected chi connectivity index (χ0v) is 11.9. The molecule has 0 saturated carbocycles. The van der Waals surface area contributed by atoms with Gasteiger partial charge in [0.25, 0.3) is 5.91 Å². The first-order valence-corrected chi connectivity index (χ1v) is 6.69. The second-order valence-corrected chi connectivity index (χ2v) is 5.54. The summed E-state index contributed by atoms with van der Waals surface area (Å²) in [7, 11) is 0. The molecule has 0 saturated heterocycles. The van der Waals surface area contributed by atoms with Crippen LogP contribution in [0.3, 0.4) is 0 Å². The fourth-order valence-electron chi connectivity index (χ4n) is 2.35. The van der Waals surface area contributed by atoms with Crippen LogP contribution in [0.2, 0.25) is 0 Å². The molecule has 4 nitrogen and oxygen atoms in total. The molecule has 0 fully saturated rings. The molecule has 0 spiro atoms. The fraction of sp³-hybridized carbons (Fsp3) is 0.533. The second-order valence-electron chi connectivity index (χ2n) is 5.54. The minimum atomic E-state index is -0.435. The Morgan fingerprint density at radius 1 is 1.32 bits per heavy atom. The number of nitrogens with zero attached hydrogens (tertiary/aromatic N) is 1. The van der Waals surface area contributed by atoms with Gasteiger partial charge in [-0.15, -0.1) is 0 Å². The van der Waals surface area contributed by atoms with Crippen molar-refractivity contribution in [1.29, 1.82) is 0 Å².